The first-order chi connectivity index (χ1) is 14.1. The van der Waals surface area contributed by atoms with Gasteiger partial charge in [0.15, 0.2) is 11.6 Å². The second-order valence-corrected chi connectivity index (χ2v) is 6.84. The predicted molar refractivity (Wildman–Crippen MR) is 103 cm³/mol. The van der Waals surface area contributed by atoms with Gasteiger partial charge in [-0.2, -0.15) is 0 Å². The normalized spacial score (nSPS) is 12.0. The number of nitrogens with zero attached hydrogens (tertiary/aromatic N) is 1. The van der Waals surface area contributed by atoms with Gasteiger partial charge in [0, 0.05) is 16.6 Å². The Hall–Kier alpha value is -3.75. The Labute approximate surface area is 169 Å². The quantitative estimate of drug-likeness (QED) is 0.593. The molecule has 0 fully saturated rings. The van der Waals surface area contributed by atoms with Gasteiger partial charge < -0.3 is 15.5 Å². The van der Waals surface area contributed by atoms with Gasteiger partial charge in [-0.1, -0.05) is 0 Å². The van der Waals surface area contributed by atoms with Crippen LogP contribution in [0.5, 0.6) is 5.75 Å². The Morgan fingerprint density at radius 3 is 2.43 bits per heavy atom. The van der Waals surface area contributed by atoms with E-state index < -0.39 is 35.5 Å². The highest BCUT2D eigenvalue weighted by atomic mass is 19.2. The minimum absolute atomic E-state index is 0.0968. The molecule has 0 spiro atoms. The maximum absolute atomic E-state index is 13.6. The van der Waals surface area contributed by atoms with Crippen molar-refractivity contribution < 1.29 is 33.4 Å². The number of aromatic hydroxyl groups is 1. The Morgan fingerprint density at radius 1 is 1.10 bits per heavy atom. The van der Waals surface area contributed by atoms with E-state index in [1.165, 1.54) is 29.7 Å². The summed E-state index contributed by atoms with van der Waals surface area (Å²) in [4.78, 5) is 36.3. The molecule has 0 aliphatic rings. The largest absolute Gasteiger partial charge is 0.508 e. The van der Waals surface area contributed by atoms with Crippen LogP contribution in [0.1, 0.15) is 28.5 Å². The summed E-state index contributed by atoms with van der Waals surface area (Å²) in [6, 6.07) is 5.86. The topological polar surface area (TPSA) is 109 Å². The van der Waals surface area contributed by atoms with Gasteiger partial charge in [-0.3, -0.25) is 19.0 Å². The average Bonchev–Trinajstić information content (AvgIpc) is 2.94. The third kappa shape index (κ3) is 3.86. The Balaban J connectivity index is 2.09. The summed E-state index contributed by atoms with van der Waals surface area (Å²) in [5.74, 6) is -4.79. The van der Waals surface area contributed by atoms with Gasteiger partial charge in [-0.25, -0.2) is 8.78 Å². The minimum Gasteiger partial charge on any atom is -0.508 e. The highest BCUT2D eigenvalue weighted by Gasteiger charge is 2.23. The number of carbonyl (C=O) groups excluding carboxylic acids is 2. The number of hydrogen-bond donors (Lipinski definition) is 3. The number of halogens is 2. The van der Waals surface area contributed by atoms with Crippen LogP contribution in [0.15, 0.2) is 36.4 Å². The number of carboxylic acid groups (broad SMARTS) is 1. The van der Waals surface area contributed by atoms with Crippen LogP contribution in [0.4, 0.5) is 8.78 Å². The first-order valence-corrected chi connectivity index (χ1v) is 8.95. The molecule has 1 amide bonds. The SMILES string of the molecule is Cc1c(CC(=O)NC(C)C(=O)O)c2cc(O)ccc2n1C(=O)c1ccc(F)c(F)c1. The molecule has 0 saturated carbocycles. The molecule has 156 valence electrons. The molecule has 0 saturated heterocycles. The van der Waals surface area contributed by atoms with Crippen molar-refractivity contribution in [1.29, 1.82) is 0 Å². The number of rotatable bonds is 5. The minimum atomic E-state index is -1.20. The van der Waals surface area contributed by atoms with E-state index in [1.807, 2.05) is 0 Å². The van der Waals surface area contributed by atoms with Crippen LogP contribution in [0.25, 0.3) is 10.9 Å². The molecule has 9 heteroatoms. The summed E-state index contributed by atoms with van der Waals surface area (Å²) >= 11 is 0. The fraction of sp³-hybridized carbons (Fsp3) is 0.190. The van der Waals surface area contributed by atoms with E-state index in [0.29, 0.717) is 22.2 Å². The summed E-state index contributed by atoms with van der Waals surface area (Å²) in [5, 5.41) is 21.6. The molecular formula is C21H18F2N2O5. The predicted octanol–water partition coefficient (Wildman–Crippen LogP) is 2.75. The lowest BCUT2D eigenvalue weighted by Crippen LogP contribution is -2.39. The van der Waals surface area contributed by atoms with Crippen LogP contribution < -0.4 is 5.32 Å². The van der Waals surface area contributed by atoms with Crippen LogP contribution >= 0.6 is 0 Å². The summed E-state index contributed by atoms with van der Waals surface area (Å²) in [7, 11) is 0. The zero-order chi connectivity index (χ0) is 22.2. The molecule has 1 atom stereocenters. The number of benzene rings is 2. The molecule has 2 aromatic carbocycles. The highest BCUT2D eigenvalue weighted by molar-refractivity contribution is 6.05. The van der Waals surface area contributed by atoms with Crippen LogP contribution in [0, 0.1) is 18.6 Å². The summed E-state index contributed by atoms with van der Waals surface area (Å²) < 4.78 is 28.1. The van der Waals surface area contributed by atoms with Gasteiger partial charge in [-0.05, 0) is 55.8 Å². The van der Waals surface area contributed by atoms with Crippen molar-refractivity contribution in [3.8, 4) is 5.75 Å². The van der Waals surface area contributed by atoms with Gasteiger partial charge in [0.05, 0.1) is 11.9 Å². The monoisotopic (exact) mass is 416 g/mol. The molecule has 3 rings (SSSR count). The van der Waals surface area contributed by atoms with E-state index in [-0.39, 0.29) is 17.7 Å². The van der Waals surface area contributed by atoms with Crippen LogP contribution in [-0.4, -0.2) is 38.6 Å². The lowest BCUT2D eigenvalue weighted by molar-refractivity contribution is -0.141. The number of fused-ring (bicyclic) bond motifs is 1. The smallest absolute Gasteiger partial charge is 0.325 e. The maximum atomic E-state index is 13.6. The van der Waals surface area contributed by atoms with E-state index in [4.69, 9.17) is 5.11 Å². The zero-order valence-corrected chi connectivity index (χ0v) is 16.1. The molecule has 1 heterocycles. The number of amides is 1. The Kier molecular flexibility index (Phi) is 5.55. The van der Waals surface area contributed by atoms with Crippen LogP contribution in [-0.2, 0) is 16.0 Å². The summed E-state index contributed by atoms with van der Waals surface area (Å²) in [6.45, 7) is 2.88. The fourth-order valence-electron chi connectivity index (χ4n) is 3.23. The van der Waals surface area contributed by atoms with Crippen molar-refractivity contribution >= 4 is 28.7 Å². The maximum Gasteiger partial charge on any atom is 0.325 e. The Bertz CT molecular complexity index is 1190. The standard InChI is InChI=1S/C21H18F2N2O5/c1-10(21(29)30)24-19(27)9-14-11(2)25(18-6-4-13(26)8-15(14)18)20(28)12-3-5-16(22)17(23)7-12/h3-8,10,26H,9H2,1-2H3,(H,24,27)(H,29,30). The summed E-state index contributed by atoms with van der Waals surface area (Å²) in [5.41, 5.74) is 1.00. The van der Waals surface area contributed by atoms with Gasteiger partial charge in [-0.15, -0.1) is 0 Å². The number of phenols is 1. The van der Waals surface area contributed by atoms with Gasteiger partial charge >= 0.3 is 5.97 Å². The summed E-state index contributed by atoms with van der Waals surface area (Å²) in [6.07, 6.45) is -0.249. The van der Waals surface area contributed by atoms with E-state index in [9.17, 15) is 28.3 Å². The average molecular weight is 416 g/mol. The number of carboxylic acids is 1. The first-order valence-electron chi connectivity index (χ1n) is 8.95. The third-order valence-electron chi connectivity index (χ3n) is 4.77. The van der Waals surface area contributed by atoms with Crippen molar-refractivity contribution in [2.75, 3.05) is 0 Å². The van der Waals surface area contributed by atoms with Crippen LogP contribution in [0.3, 0.4) is 0 Å². The number of carbonyl (C=O) groups is 3. The van der Waals surface area contributed by atoms with Crippen molar-refractivity contribution in [3.63, 3.8) is 0 Å². The molecule has 3 N–H and O–H groups in total. The molecule has 0 bridgehead atoms. The Morgan fingerprint density at radius 2 is 1.80 bits per heavy atom. The highest BCUT2D eigenvalue weighted by Crippen LogP contribution is 2.30. The van der Waals surface area contributed by atoms with Crippen molar-refractivity contribution in [2.45, 2.75) is 26.3 Å². The molecule has 0 aliphatic heterocycles. The molecule has 30 heavy (non-hydrogen) atoms. The fourth-order valence-corrected chi connectivity index (χ4v) is 3.23. The van der Waals surface area contributed by atoms with Crippen molar-refractivity contribution in [1.82, 2.24) is 9.88 Å². The first kappa shape index (κ1) is 21.0. The van der Waals surface area contributed by atoms with Crippen LogP contribution in [0.2, 0.25) is 0 Å². The van der Waals surface area contributed by atoms with E-state index in [2.05, 4.69) is 5.32 Å². The molecule has 1 unspecified atom stereocenters. The van der Waals surface area contributed by atoms with Gasteiger partial charge in [0.1, 0.15) is 11.8 Å². The van der Waals surface area contributed by atoms with E-state index >= 15 is 0 Å². The molecule has 3 aromatic rings. The number of nitrogens with one attached hydrogen (secondary N) is 1. The molecule has 0 radical (unpaired) electrons. The molecular weight excluding hydrogens is 398 g/mol. The number of aliphatic carboxylic acids is 1. The molecule has 1 aromatic heterocycles. The zero-order valence-electron chi connectivity index (χ0n) is 16.1. The van der Waals surface area contributed by atoms with E-state index in [1.54, 1.807) is 6.92 Å². The second kappa shape index (κ2) is 7.94. The van der Waals surface area contributed by atoms with Gasteiger partial charge in [0.2, 0.25) is 5.91 Å². The van der Waals surface area contributed by atoms with Gasteiger partial charge in [0.25, 0.3) is 5.91 Å². The number of hydrogen-bond acceptors (Lipinski definition) is 4. The lowest BCUT2D eigenvalue weighted by atomic mass is 10.1. The third-order valence-corrected chi connectivity index (χ3v) is 4.77. The van der Waals surface area contributed by atoms with Crippen molar-refractivity contribution in [3.05, 3.63) is 64.9 Å². The second-order valence-electron chi connectivity index (χ2n) is 6.84. The number of phenolic OH excluding ortho intramolecular Hbond substituents is 1. The van der Waals surface area contributed by atoms with Crippen molar-refractivity contribution in [2.24, 2.45) is 0 Å². The van der Waals surface area contributed by atoms with E-state index in [0.717, 1.165) is 18.2 Å². The number of aromatic nitrogens is 1. The lowest BCUT2D eigenvalue weighted by Gasteiger charge is -2.10. The molecule has 0 aliphatic carbocycles. The molecule has 7 nitrogen and oxygen atoms in total.